The predicted octanol–water partition coefficient (Wildman–Crippen LogP) is 4.00. The molecule has 2 aromatic rings. The summed E-state index contributed by atoms with van der Waals surface area (Å²) >= 11 is 6.08. The number of nitrogens with two attached hydrogens (primary N) is 1. The Morgan fingerprint density at radius 2 is 1.84 bits per heavy atom. The van der Waals surface area contributed by atoms with Gasteiger partial charge in [0.05, 0.1) is 23.2 Å². The Balaban J connectivity index is 2.11. The van der Waals surface area contributed by atoms with E-state index in [1.54, 1.807) is 0 Å². The first-order valence-corrected chi connectivity index (χ1v) is 6.32. The molecule has 0 saturated carbocycles. The standard InChI is InChI=1S/C15H14ClN3/c16-13-3-1-2-4-15(13)19-12-7-5-11(6-8-12)14(18)9-10-17/h1-8,14,19H,9,18H2/t14-/m1/s1. The van der Waals surface area contributed by atoms with Gasteiger partial charge in [0.2, 0.25) is 0 Å². The van der Waals surface area contributed by atoms with Crippen LogP contribution >= 0.6 is 11.6 Å². The first-order chi connectivity index (χ1) is 9.20. The number of para-hydroxylation sites is 1. The number of hydrogen-bond donors (Lipinski definition) is 2. The van der Waals surface area contributed by atoms with E-state index in [0.717, 1.165) is 16.9 Å². The highest BCUT2D eigenvalue weighted by atomic mass is 35.5. The fraction of sp³-hybridized carbons (Fsp3) is 0.133. The molecule has 0 aliphatic carbocycles. The summed E-state index contributed by atoms with van der Waals surface area (Å²) in [6.07, 6.45) is 0.317. The summed E-state index contributed by atoms with van der Waals surface area (Å²) in [5.74, 6) is 0. The smallest absolute Gasteiger partial charge is 0.0641 e. The van der Waals surface area contributed by atoms with E-state index in [0.29, 0.717) is 11.4 Å². The molecule has 0 bridgehead atoms. The van der Waals surface area contributed by atoms with Gasteiger partial charge in [-0.2, -0.15) is 5.26 Å². The molecule has 0 spiro atoms. The van der Waals surface area contributed by atoms with Gasteiger partial charge in [-0.15, -0.1) is 0 Å². The van der Waals surface area contributed by atoms with Crippen molar-refractivity contribution in [2.45, 2.75) is 12.5 Å². The molecule has 0 aliphatic heterocycles. The third-order valence-electron chi connectivity index (χ3n) is 2.80. The lowest BCUT2D eigenvalue weighted by Crippen LogP contribution is -2.08. The molecule has 0 aliphatic rings. The van der Waals surface area contributed by atoms with Gasteiger partial charge in [-0.25, -0.2) is 0 Å². The molecule has 0 amide bonds. The monoisotopic (exact) mass is 271 g/mol. The molecule has 0 fully saturated rings. The SMILES string of the molecule is N#CC[C@@H](N)c1ccc(Nc2ccccc2Cl)cc1. The highest BCUT2D eigenvalue weighted by Crippen LogP contribution is 2.25. The van der Waals surface area contributed by atoms with Gasteiger partial charge < -0.3 is 11.1 Å². The molecule has 0 heterocycles. The number of hydrogen-bond acceptors (Lipinski definition) is 3. The molecule has 0 radical (unpaired) electrons. The number of nitrogens with zero attached hydrogens (tertiary/aromatic N) is 1. The third kappa shape index (κ3) is 3.47. The van der Waals surface area contributed by atoms with Gasteiger partial charge in [0, 0.05) is 11.7 Å². The maximum Gasteiger partial charge on any atom is 0.0641 e. The minimum atomic E-state index is -0.237. The van der Waals surface area contributed by atoms with Crippen LogP contribution in [0.25, 0.3) is 0 Å². The summed E-state index contributed by atoms with van der Waals surface area (Å²) in [4.78, 5) is 0. The zero-order valence-corrected chi connectivity index (χ0v) is 11.1. The topological polar surface area (TPSA) is 61.8 Å². The van der Waals surface area contributed by atoms with E-state index in [4.69, 9.17) is 22.6 Å². The first kappa shape index (κ1) is 13.4. The summed E-state index contributed by atoms with van der Waals surface area (Å²) < 4.78 is 0. The number of nitriles is 1. The van der Waals surface area contributed by atoms with E-state index in [-0.39, 0.29) is 6.04 Å². The quantitative estimate of drug-likeness (QED) is 0.884. The Morgan fingerprint density at radius 1 is 1.16 bits per heavy atom. The van der Waals surface area contributed by atoms with Gasteiger partial charge in [0.1, 0.15) is 0 Å². The Labute approximate surface area is 117 Å². The first-order valence-electron chi connectivity index (χ1n) is 5.95. The number of anilines is 2. The molecule has 0 saturated heterocycles. The lowest BCUT2D eigenvalue weighted by atomic mass is 10.1. The van der Waals surface area contributed by atoms with Crippen molar-refractivity contribution in [3.8, 4) is 6.07 Å². The van der Waals surface area contributed by atoms with Crippen LogP contribution in [0.2, 0.25) is 5.02 Å². The largest absolute Gasteiger partial charge is 0.354 e. The van der Waals surface area contributed by atoms with Gasteiger partial charge in [-0.05, 0) is 29.8 Å². The van der Waals surface area contributed by atoms with Crippen molar-refractivity contribution in [3.05, 3.63) is 59.1 Å². The zero-order valence-electron chi connectivity index (χ0n) is 10.3. The summed E-state index contributed by atoms with van der Waals surface area (Å²) in [7, 11) is 0. The van der Waals surface area contributed by atoms with Crippen LogP contribution in [0.4, 0.5) is 11.4 Å². The van der Waals surface area contributed by atoms with Crippen LogP contribution in [0.5, 0.6) is 0 Å². The molecule has 3 N–H and O–H groups in total. The second-order valence-electron chi connectivity index (χ2n) is 4.20. The number of rotatable bonds is 4. The highest BCUT2D eigenvalue weighted by Gasteiger charge is 2.05. The average molecular weight is 272 g/mol. The Bertz CT molecular complexity index is 587. The third-order valence-corrected chi connectivity index (χ3v) is 3.13. The lowest BCUT2D eigenvalue weighted by Gasteiger charge is -2.11. The van der Waals surface area contributed by atoms with Crippen LogP contribution in [0, 0.1) is 11.3 Å². The molecule has 96 valence electrons. The molecule has 2 aromatic carbocycles. The van der Waals surface area contributed by atoms with Crippen molar-refractivity contribution in [2.75, 3.05) is 5.32 Å². The van der Waals surface area contributed by atoms with Crippen LogP contribution in [0.1, 0.15) is 18.0 Å². The highest BCUT2D eigenvalue weighted by molar-refractivity contribution is 6.33. The fourth-order valence-electron chi connectivity index (χ4n) is 1.75. The van der Waals surface area contributed by atoms with E-state index >= 15 is 0 Å². The molecule has 0 unspecified atom stereocenters. The van der Waals surface area contributed by atoms with Crippen molar-refractivity contribution in [3.63, 3.8) is 0 Å². The molecular formula is C15H14ClN3. The molecular weight excluding hydrogens is 258 g/mol. The Morgan fingerprint density at radius 3 is 2.47 bits per heavy atom. The van der Waals surface area contributed by atoms with Crippen molar-refractivity contribution in [1.82, 2.24) is 0 Å². The molecule has 2 rings (SSSR count). The van der Waals surface area contributed by atoms with E-state index in [1.807, 2.05) is 48.5 Å². The zero-order chi connectivity index (χ0) is 13.7. The second-order valence-corrected chi connectivity index (χ2v) is 4.60. The van der Waals surface area contributed by atoms with Crippen LogP contribution in [-0.2, 0) is 0 Å². The van der Waals surface area contributed by atoms with E-state index in [2.05, 4.69) is 11.4 Å². The van der Waals surface area contributed by atoms with Gasteiger partial charge in [-0.1, -0.05) is 35.9 Å². The van der Waals surface area contributed by atoms with Gasteiger partial charge in [0.15, 0.2) is 0 Å². The number of halogens is 1. The van der Waals surface area contributed by atoms with Gasteiger partial charge in [-0.3, -0.25) is 0 Å². The predicted molar refractivity (Wildman–Crippen MR) is 78.3 cm³/mol. The van der Waals surface area contributed by atoms with Crippen molar-refractivity contribution < 1.29 is 0 Å². The molecule has 1 atom stereocenters. The molecule has 4 heteroatoms. The molecule has 19 heavy (non-hydrogen) atoms. The molecule has 0 aromatic heterocycles. The van der Waals surface area contributed by atoms with Crippen molar-refractivity contribution in [2.24, 2.45) is 5.73 Å². The number of nitrogens with one attached hydrogen (secondary N) is 1. The van der Waals surface area contributed by atoms with Crippen LogP contribution < -0.4 is 11.1 Å². The summed E-state index contributed by atoms with van der Waals surface area (Å²) in [6.45, 7) is 0. The van der Waals surface area contributed by atoms with E-state index in [9.17, 15) is 0 Å². The maximum absolute atomic E-state index is 8.62. The normalized spacial score (nSPS) is 11.6. The van der Waals surface area contributed by atoms with E-state index in [1.165, 1.54) is 0 Å². The number of benzene rings is 2. The maximum atomic E-state index is 8.62. The Hall–Kier alpha value is -2.02. The molecule has 3 nitrogen and oxygen atoms in total. The summed E-state index contributed by atoms with van der Waals surface area (Å²) in [5, 5.41) is 12.5. The van der Waals surface area contributed by atoms with Crippen LogP contribution in [0.3, 0.4) is 0 Å². The average Bonchev–Trinajstić information content (AvgIpc) is 2.42. The van der Waals surface area contributed by atoms with Crippen LogP contribution in [-0.4, -0.2) is 0 Å². The van der Waals surface area contributed by atoms with E-state index < -0.39 is 0 Å². The fourth-order valence-corrected chi connectivity index (χ4v) is 1.93. The van der Waals surface area contributed by atoms with Crippen molar-refractivity contribution >= 4 is 23.0 Å². The summed E-state index contributed by atoms with van der Waals surface area (Å²) in [6, 6.07) is 17.1. The lowest BCUT2D eigenvalue weighted by molar-refractivity contribution is 0.749. The summed E-state index contributed by atoms with van der Waals surface area (Å²) in [5.41, 5.74) is 8.61. The van der Waals surface area contributed by atoms with Gasteiger partial charge >= 0.3 is 0 Å². The minimum absolute atomic E-state index is 0.237. The van der Waals surface area contributed by atoms with Crippen molar-refractivity contribution in [1.29, 1.82) is 5.26 Å². The Kier molecular flexibility index (Phi) is 4.40. The van der Waals surface area contributed by atoms with Crippen LogP contribution in [0.15, 0.2) is 48.5 Å². The minimum Gasteiger partial charge on any atom is -0.354 e. The second kappa shape index (κ2) is 6.24. The van der Waals surface area contributed by atoms with Gasteiger partial charge in [0.25, 0.3) is 0 Å².